The fourth-order valence-electron chi connectivity index (χ4n) is 2.48. The molecule has 1 amide bonds. The highest BCUT2D eigenvalue weighted by Crippen LogP contribution is 2.30. The fourth-order valence-corrected chi connectivity index (χ4v) is 3.62. The normalized spacial score (nSPS) is 21.9. The molecule has 3 N–H and O–H groups in total. The predicted octanol–water partition coefficient (Wildman–Crippen LogP) is 2.95. The molecule has 0 aliphatic heterocycles. The first kappa shape index (κ1) is 15.1. The van der Waals surface area contributed by atoms with Gasteiger partial charge in [0, 0.05) is 23.0 Å². The Morgan fingerprint density at radius 3 is 2.80 bits per heavy atom. The van der Waals surface area contributed by atoms with Crippen molar-refractivity contribution >= 4 is 23.4 Å². The maximum atomic E-state index is 13.2. The van der Waals surface area contributed by atoms with E-state index in [1.165, 1.54) is 0 Å². The zero-order valence-electron chi connectivity index (χ0n) is 11.3. The van der Waals surface area contributed by atoms with E-state index in [2.05, 4.69) is 12.2 Å². The van der Waals surface area contributed by atoms with Gasteiger partial charge >= 0.3 is 0 Å². The quantitative estimate of drug-likeness (QED) is 0.841. The Labute approximate surface area is 121 Å². The van der Waals surface area contributed by atoms with Crippen LogP contribution in [0.15, 0.2) is 12.1 Å². The molecule has 20 heavy (non-hydrogen) atoms. The molecule has 1 aromatic carbocycles. The van der Waals surface area contributed by atoms with Gasteiger partial charge in [0.05, 0.1) is 5.56 Å². The van der Waals surface area contributed by atoms with Crippen molar-refractivity contribution in [2.24, 2.45) is 0 Å². The zero-order chi connectivity index (χ0) is 14.7. The van der Waals surface area contributed by atoms with Gasteiger partial charge in [-0.1, -0.05) is 6.92 Å². The molecule has 0 radical (unpaired) electrons. The Kier molecular flexibility index (Phi) is 4.86. The van der Waals surface area contributed by atoms with E-state index in [1.807, 2.05) is 11.8 Å². The number of rotatable bonds is 4. The summed E-state index contributed by atoms with van der Waals surface area (Å²) in [5.41, 5.74) is 5.52. The Morgan fingerprint density at radius 2 is 2.10 bits per heavy atom. The second-order valence-corrected chi connectivity index (χ2v) is 6.49. The first-order valence-electron chi connectivity index (χ1n) is 6.68. The van der Waals surface area contributed by atoms with E-state index in [-0.39, 0.29) is 17.3 Å². The Morgan fingerprint density at radius 1 is 1.40 bits per heavy atom. The summed E-state index contributed by atoms with van der Waals surface area (Å²) in [5.74, 6) is -1.48. The third-order valence-corrected chi connectivity index (χ3v) is 4.69. The molecule has 0 aromatic heterocycles. The van der Waals surface area contributed by atoms with Gasteiger partial charge in [-0.05, 0) is 31.1 Å². The van der Waals surface area contributed by atoms with E-state index in [0.717, 1.165) is 37.1 Å². The van der Waals surface area contributed by atoms with Crippen molar-refractivity contribution in [3.05, 3.63) is 29.3 Å². The molecule has 2 atom stereocenters. The minimum Gasteiger partial charge on any atom is -0.398 e. The van der Waals surface area contributed by atoms with Crippen molar-refractivity contribution in [2.75, 3.05) is 11.5 Å². The van der Waals surface area contributed by atoms with Crippen molar-refractivity contribution in [2.45, 2.75) is 37.5 Å². The summed E-state index contributed by atoms with van der Waals surface area (Å²) in [7, 11) is 0. The number of halogens is 2. The highest BCUT2D eigenvalue weighted by molar-refractivity contribution is 7.99. The van der Waals surface area contributed by atoms with E-state index in [0.29, 0.717) is 5.25 Å². The number of thioether (sulfide) groups is 1. The van der Waals surface area contributed by atoms with Gasteiger partial charge in [0.15, 0.2) is 11.6 Å². The molecule has 0 spiro atoms. The number of hydrogen-bond acceptors (Lipinski definition) is 3. The SMILES string of the molecule is CCSC1CCC(NC(=O)c2cc(F)c(F)cc2N)C1. The van der Waals surface area contributed by atoms with Gasteiger partial charge in [-0.15, -0.1) is 0 Å². The number of nitrogen functional groups attached to an aromatic ring is 1. The largest absolute Gasteiger partial charge is 0.398 e. The highest BCUT2D eigenvalue weighted by Gasteiger charge is 2.26. The Bertz CT molecular complexity index is 510. The summed E-state index contributed by atoms with van der Waals surface area (Å²) in [6.45, 7) is 2.11. The number of nitrogens with one attached hydrogen (secondary N) is 1. The van der Waals surface area contributed by atoms with Crippen molar-refractivity contribution in [3.63, 3.8) is 0 Å². The van der Waals surface area contributed by atoms with Crippen LogP contribution in [0.3, 0.4) is 0 Å². The summed E-state index contributed by atoms with van der Waals surface area (Å²) in [6, 6.07) is 1.78. The van der Waals surface area contributed by atoms with Gasteiger partial charge < -0.3 is 11.1 Å². The molecule has 1 aliphatic carbocycles. The predicted molar refractivity (Wildman–Crippen MR) is 77.8 cm³/mol. The number of anilines is 1. The summed E-state index contributed by atoms with van der Waals surface area (Å²) < 4.78 is 26.2. The van der Waals surface area contributed by atoms with E-state index in [9.17, 15) is 13.6 Å². The average molecular weight is 300 g/mol. The van der Waals surface area contributed by atoms with Crippen molar-refractivity contribution in [1.82, 2.24) is 5.32 Å². The molecule has 0 bridgehead atoms. The lowest BCUT2D eigenvalue weighted by molar-refractivity contribution is 0.0938. The molecule has 0 heterocycles. The summed E-state index contributed by atoms with van der Waals surface area (Å²) in [6.07, 6.45) is 2.89. The maximum Gasteiger partial charge on any atom is 0.253 e. The topological polar surface area (TPSA) is 55.1 Å². The van der Waals surface area contributed by atoms with Gasteiger partial charge in [-0.25, -0.2) is 8.78 Å². The number of benzene rings is 1. The fraction of sp³-hybridized carbons (Fsp3) is 0.500. The van der Waals surface area contributed by atoms with Crippen LogP contribution in [-0.2, 0) is 0 Å². The van der Waals surface area contributed by atoms with Crippen LogP contribution in [0.25, 0.3) is 0 Å². The van der Waals surface area contributed by atoms with Crippen LogP contribution in [0, 0.1) is 11.6 Å². The van der Waals surface area contributed by atoms with E-state index < -0.39 is 17.5 Å². The molecule has 2 unspecified atom stereocenters. The van der Waals surface area contributed by atoms with Gasteiger partial charge in [0.25, 0.3) is 5.91 Å². The molecule has 0 saturated heterocycles. The lowest BCUT2D eigenvalue weighted by atomic mass is 10.1. The molecule has 1 saturated carbocycles. The maximum absolute atomic E-state index is 13.2. The Balaban J connectivity index is 2.01. The molecule has 6 heteroatoms. The minimum atomic E-state index is -1.06. The summed E-state index contributed by atoms with van der Waals surface area (Å²) in [5, 5.41) is 3.41. The van der Waals surface area contributed by atoms with Gasteiger partial charge in [0.1, 0.15) is 0 Å². The first-order valence-corrected chi connectivity index (χ1v) is 7.73. The van der Waals surface area contributed by atoms with Gasteiger partial charge in [-0.3, -0.25) is 4.79 Å². The molecule has 3 nitrogen and oxygen atoms in total. The zero-order valence-corrected chi connectivity index (χ0v) is 12.1. The second-order valence-electron chi connectivity index (χ2n) is 4.91. The van der Waals surface area contributed by atoms with Crippen molar-refractivity contribution in [3.8, 4) is 0 Å². The molecule has 1 aromatic rings. The van der Waals surface area contributed by atoms with Crippen LogP contribution >= 0.6 is 11.8 Å². The Hall–Kier alpha value is -1.30. The smallest absolute Gasteiger partial charge is 0.253 e. The molecule has 1 aliphatic rings. The summed E-state index contributed by atoms with van der Waals surface area (Å²) in [4.78, 5) is 12.1. The van der Waals surface area contributed by atoms with Crippen LogP contribution in [0.2, 0.25) is 0 Å². The monoisotopic (exact) mass is 300 g/mol. The van der Waals surface area contributed by atoms with Crippen LogP contribution < -0.4 is 11.1 Å². The van der Waals surface area contributed by atoms with E-state index in [4.69, 9.17) is 5.73 Å². The number of carbonyl (C=O) groups excluding carboxylic acids is 1. The molecular weight excluding hydrogens is 282 g/mol. The lowest BCUT2D eigenvalue weighted by Gasteiger charge is -2.14. The lowest BCUT2D eigenvalue weighted by Crippen LogP contribution is -2.33. The summed E-state index contributed by atoms with van der Waals surface area (Å²) >= 11 is 1.89. The van der Waals surface area contributed by atoms with Crippen LogP contribution in [0.5, 0.6) is 0 Å². The molecule has 1 fully saturated rings. The van der Waals surface area contributed by atoms with Gasteiger partial charge in [-0.2, -0.15) is 11.8 Å². The first-order chi connectivity index (χ1) is 9.51. The van der Waals surface area contributed by atoms with Crippen LogP contribution in [0.4, 0.5) is 14.5 Å². The number of amides is 1. The molecule has 110 valence electrons. The highest BCUT2D eigenvalue weighted by atomic mass is 32.2. The van der Waals surface area contributed by atoms with Crippen molar-refractivity contribution in [1.29, 1.82) is 0 Å². The second kappa shape index (κ2) is 6.43. The van der Waals surface area contributed by atoms with Crippen LogP contribution in [-0.4, -0.2) is 23.0 Å². The number of nitrogens with two attached hydrogens (primary N) is 1. The van der Waals surface area contributed by atoms with Gasteiger partial charge in [0.2, 0.25) is 0 Å². The van der Waals surface area contributed by atoms with Crippen molar-refractivity contribution < 1.29 is 13.6 Å². The third kappa shape index (κ3) is 3.42. The third-order valence-electron chi connectivity index (χ3n) is 3.46. The minimum absolute atomic E-state index is 0.00417. The van der Waals surface area contributed by atoms with Crippen LogP contribution in [0.1, 0.15) is 36.5 Å². The standard InChI is InChI=1S/C14H18F2N2OS/c1-2-20-9-4-3-8(5-9)18-14(19)10-6-11(15)12(16)7-13(10)17/h6-9H,2-5,17H2,1H3,(H,18,19). The molecular formula is C14H18F2N2OS. The van der Waals surface area contributed by atoms with E-state index >= 15 is 0 Å². The molecule has 2 rings (SSSR count). The number of carbonyl (C=O) groups is 1. The number of hydrogen-bond donors (Lipinski definition) is 2. The van der Waals surface area contributed by atoms with E-state index in [1.54, 1.807) is 0 Å². The average Bonchev–Trinajstić information content (AvgIpc) is 2.81.